The number of ether oxygens (including phenoxy) is 2. The molecule has 140 valence electrons. The van der Waals surface area contributed by atoms with E-state index in [0.29, 0.717) is 36.8 Å². The molecule has 0 aromatic carbocycles. The van der Waals surface area contributed by atoms with Gasteiger partial charge in [-0.05, 0) is 25.2 Å². The van der Waals surface area contributed by atoms with Gasteiger partial charge in [0.25, 0.3) is 5.89 Å². The van der Waals surface area contributed by atoms with Gasteiger partial charge in [0.15, 0.2) is 5.79 Å². The Morgan fingerprint density at radius 1 is 1.15 bits per heavy atom. The van der Waals surface area contributed by atoms with Gasteiger partial charge < -0.3 is 13.9 Å². The van der Waals surface area contributed by atoms with Crippen LogP contribution in [-0.4, -0.2) is 39.0 Å². The minimum Gasteiger partial charge on any atom is -0.420 e. The zero-order valence-corrected chi connectivity index (χ0v) is 15.9. The van der Waals surface area contributed by atoms with Crippen LogP contribution < -0.4 is 0 Å². The molecule has 1 aliphatic heterocycles. The van der Waals surface area contributed by atoms with Gasteiger partial charge in [0.2, 0.25) is 5.89 Å². The van der Waals surface area contributed by atoms with Crippen molar-refractivity contribution in [2.75, 3.05) is 13.2 Å². The van der Waals surface area contributed by atoms with Crippen LogP contribution >= 0.6 is 0 Å². The van der Waals surface area contributed by atoms with Gasteiger partial charge in [-0.15, -0.1) is 10.2 Å². The van der Waals surface area contributed by atoms with Crippen molar-refractivity contribution in [3.63, 3.8) is 0 Å². The van der Waals surface area contributed by atoms with Crippen molar-refractivity contribution in [2.24, 2.45) is 18.9 Å². The van der Waals surface area contributed by atoms with Crippen molar-refractivity contribution < 1.29 is 13.9 Å². The fourth-order valence-corrected chi connectivity index (χ4v) is 5.67. The fraction of sp³-hybridized carbons (Fsp3) is 0.737. The standard InChI is InChI=1S/C19H26N4O3/c1-11-14-6-5-13-15(17-21-20-12(2)26-17)23(4)22-16(13)18(14,3)7-8-19(11)24-9-10-25-19/h11,14H,5-10H2,1-4H3/t11-,14-,18-/m0/s1. The molecule has 3 heterocycles. The maximum Gasteiger partial charge on any atom is 0.266 e. The molecule has 2 aromatic rings. The molecule has 5 rings (SSSR count). The van der Waals surface area contributed by atoms with Crippen molar-refractivity contribution in [3.05, 3.63) is 17.1 Å². The van der Waals surface area contributed by atoms with E-state index in [0.717, 1.165) is 31.4 Å². The number of aryl methyl sites for hydroxylation is 2. The van der Waals surface area contributed by atoms with Gasteiger partial charge in [-0.25, -0.2) is 0 Å². The van der Waals surface area contributed by atoms with Crippen molar-refractivity contribution in [3.8, 4) is 11.6 Å². The van der Waals surface area contributed by atoms with Crippen LogP contribution in [0.1, 0.15) is 50.3 Å². The average Bonchev–Trinajstić information content (AvgIpc) is 3.31. The van der Waals surface area contributed by atoms with Gasteiger partial charge in [-0.2, -0.15) is 5.10 Å². The van der Waals surface area contributed by atoms with Gasteiger partial charge in [0.1, 0.15) is 5.69 Å². The summed E-state index contributed by atoms with van der Waals surface area (Å²) in [6.07, 6.45) is 4.02. The van der Waals surface area contributed by atoms with Crippen molar-refractivity contribution in [1.82, 2.24) is 20.0 Å². The Balaban J connectivity index is 1.58. The zero-order chi connectivity index (χ0) is 18.1. The second kappa shape index (κ2) is 5.39. The number of rotatable bonds is 1. The summed E-state index contributed by atoms with van der Waals surface area (Å²) in [5.41, 5.74) is 3.47. The molecule has 0 unspecified atom stereocenters. The highest BCUT2D eigenvalue weighted by Crippen LogP contribution is 2.57. The van der Waals surface area contributed by atoms with E-state index in [2.05, 4.69) is 24.0 Å². The average molecular weight is 358 g/mol. The van der Waals surface area contributed by atoms with Crippen LogP contribution in [0.3, 0.4) is 0 Å². The molecule has 26 heavy (non-hydrogen) atoms. The third-order valence-electron chi connectivity index (χ3n) is 7.00. The van der Waals surface area contributed by atoms with Crippen LogP contribution in [0.2, 0.25) is 0 Å². The SMILES string of the molecule is Cc1nnc(-c2c3c(nn2C)[C@@]2(C)CCC4(OCCO4)[C@@H](C)[C@@H]2CC3)o1. The summed E-state index contributed by atoms with van der Waals surface area (Å²) in [6.45, 7) is 7.90. The molecular formula is C19H26N4O3. The minimum absolute atomic E-state index is 0.0264. The highest BCUT2D eigenvalue weighted by molar-refractivity contribution is 5.57. The molecule has 7 heteroatoms. The van der Waals surface area contributed by atoms with E-state index in [1.54, 1.807) is 0 Å². The molecule has 3 aliphatic rings. The molecule has 0 bridgehead atoms. The number of hydrogen-bond acceptors (Lipinski definition) is 6. The number of nitrogens with zero attached hydrogens (tertiary/aromatic N) is 4. The van der Waals surface area contributed by atoms with Crippen LogP contribution in [0, 0.1) is 18.8 Å². The Bertz CT molecular complexity index is 851. The van der Waals surface area contributed by atoms with Crippen LogP contribution in [0.5, 0.6) is 0 Å². The molecule has 0 radical (unpaired) electrons. The topological polar surface area (TPSA) is 75.2 Å². The zero-order valence-electron chi connectivity index (χ0n) is 15.9. The third kappa shape index (κ3) is 2.04. The number of aromatic nitrogens is 4. The Morgan fingerprint density at radius 2 is 1.92 bits per heavy atom. The summed E-state index contributed by atoms with van der Waals surface area (Å²) in [4.78, 5) is 0. The molecule has 0 amide bonds. The number of fused-ring (bicyclic) bond motifs is 3. The summed E-state index contributed by atoms with van der Waals surface area (Å²) in [7, 11) is 1.97. The lowest BCUT2D eigenvalue weighted by atomic mass is 9.55. The summed E-state index contributed by atoms with van der Waals surface area (Å²) in [5, 5.41) is 13.2. The second-order valence-electron chi connectivity index (χ2n) is 8.29. The Hall–Kier alpha value is -1.73. The molecular weight excluding hydrogens is 332 g/mol. The first-order valence-corrected chi connectivity index (χ1v) is 9.59. The van der Waals surface area contributed by atoms with Crippen LogP contribution in [0.4, 0.5) is 0 Å². The maximum absolute atomic E-state index is 6.10. The first-order valence-electron chi connectivity index (χ1n) is 9.59. The number of hydrogen-bond donors (Lipinski definition) is 0. The molecule has 7 nitrogen and oxygen atoms in total. The van der Waals surface area contributed by atoms with Crippen molar-refractivity contribution in [2.45, 2.75) is 57.7 Å². The van der Waals surface area contributed by atoms with Gasteiger partial charge in [0, 0.05) is 37.3 Å². The van der Waals surface area contributed by atoms with Gasteiger partial charge in [-0.1, -0.05) is 13.8 Å². The maximum atomic E-state index is 6.10. The Labute approximate surface area is 153 Å². The monoisotopic (exact) mass is 358 g/mol. The van der Waals surface area contributed by atoms with Gasteiger partial charge in [-0.3, -0.25) is 4.68 Å². The largest absolute Gasteiger partial charge is 0.420 e. The molecule has 2 aliphatic carbocycles. The van der Waals surface area contributed by atoms with E-state index >= 15 is 0 Å². The third-order valence-corrected chi connectivity index (χ3v) is 7.00. The van der Waals surface area contributed by atoms with E-state index in [1.165, 1.54) is 11.3 Å². The highest BCUT2D eigenvalue weighted by Gasteiger charge is 2.58. The van der Waals surface area contributed by atoms with Crippen molar-refractivity contribution >= 4 is 0 Å². The van der Waals surface area contributed by atoms with Crippen LogP contribution in [0.15, 0.2) is 4.42 Å². The summed E-state index contributed by atoms with van der Waals surface area (Å²) >= 11 is 0. The Kier molecular flexibility index (Phi) is 3.41. The van der Waals surface area contributed by atoms with E-state index in [1.807, 2.05) is 18.7 Å². The molecule has 2 fully saturated rings. The molecule has 1 saturated carbocycles. The molecule has 3 atom stereocenters. The highest BCUT2D eigenvalue weighted by atomic mass is 16.7. The van der Waals surface area contributed by atoms with Gasteiger partial charge >= 0.3 is 0 Å². The molecule has 1 saturated heterocycles. The first-order chi connectivity index (χ1) is 12.4. The normalized spacial score (nSPS) is 32.6. The van der Waals surface area contributed by atoms with E-state index < -0.39 is 0 Å². The lowest BCUT2D eigenvalue weighted by Gasteiger charge is -2.53. The lowest BCUT2D eigenvalue weighted by Crippen LogP contribution is -2.55. The van der Waals surface area contributed by atoms with Crippen LogP contribution in [0.25, 0.3) is 11.6 Å². The predicted molar refractivity (Wildman–Crippen MR) is 93.4 cm³/mol. The van der Waals surface area contributed by atoms with Crippen LogP contribution in [-0.2, 0) is 28.4 Å². The predicted octanol–water partition coefficient (Wildman–Crippen LogP) is 2.77. The van der Waals surface area contributed by atoms with Gasteiger partial charge in [0.05, 0.1) is 18.9 Å². The quantitative estimate of drug-likeness (QED) is 0.780. The van der Waals surface area contributed by atoms with E-state index in [9.17, 15) is 0 Å². The molecule has 1 spiro atoms. The summed E-state index contributed by atoms with van der Waals surface area (Å²) < 4.78 is 19.8. The molecule has 2 aromatic heterocycles. The van der Waals surface area contributed by atoms with E-state index in [4.69, 9.17) is 19.0 Å². The minimum atomic E-state index is -0.386. The second-order valence-corrected chi connectivity index (χ2v) is 8.29. The van der Waals surface area contributed by atoms with E-state index in [-0.39, 0.29) is 11.2 Å². The van der Waals surface area contributed by atoms with Crippen molar-refractivity contribution in [1.29, 1.82) is 0 Å². The lowest BCUT2D eigenvalue weighted by molar-refractivity contribution is -0.234. The summed E-state index contributed by atoms with van der Waals surface area (Å²) in [5.74, 6) is 1.62. The summed E-state index contributed by atoms with van der Waals surface area (Å²) in [6, 6.07) is 0. The Morgan fingerprint density at radius 3 is 2.62 bits per heavy atom. The smallest absolute Gasteiger partial charge is 0.266 e. The first kappa shape index (κ1) is 16.4. The fourth-order valence-electron chi connectivity index (χ4n) is 5.67. The molecule has 0 N–H and O–H groups in total.